The summed E-state index contributed by atoms with van der Waals surface area (Å²) in [5.74, 6) is 0. The number of thiazole rings is 1. The van der Waals surface area contributed by atoms with E-state index >= 15 is 0 Å². The zero-order valence-electron chi connectivity index (χ0n) is 12.5. The Morgan fingerprint density at radius 2 is 1.72 bits per heavy atom. The van der Waals surface area contributed by atoms with E-state index in [0.717, 1.165) is 15.8 Å². The Balaban J connectivity index is 2.25. The monoisotopic (exact) mass is 456 g/mol. The predicted octanol–water partition coefficient (Wildman–Crippen LogP) is 4.06. The Bertz CT molecular complexity index is 1090. The van der Waals surface area contributed by atoms with Gasteiger partial charge in [0.1, 0.15) is 10.0 Å². The molecule has 0 radical (unpaired) electrons. The summed E-state index contributed by atoms with van der Waals surface area (Å²) < 4.78 is 31.3. The van der Waals surface area contributed by atoms with Crippen molar-refractivity contribution in [3.05, 3.63) is 73.9 Å². The Kier molecular flexibility index (Phi) is 5.24. The second kappa shape index (κ2) is 7.25. The van der Waals surface area contributed by atoms with Crippen LogP contribution in [0, 0.1) is 0 Å². The molecule has 0 aliphatic rings. The second-order valence-electron chi connectivity index (χ2n) is 4.85. The molecule has 0 spiro atoms. The summed E-state index contributed by atoms with van der Waals surface area (Å²) in [5, 5.41) is 0.121. The number of aldehydes is 1. The van der Waals surface area contributed by atoms with Crippen molar-refractivity contribution in [2.45, 2.75) is 4.90 Å². The molecule has 9 heteroatoms. The van der Waals surface area contributed by atoms with E-state index in [9.17, 15) is 13.2 Å². The van der Waals surface area contributed by atoms with Crippen molar-refractivity contribution in [2.24, 2.45) is 4.40 Å². The molecule has 0 atom stereocenters. The molecule has 0 unspecified atom stereocenters. The molecule has 0 fully saturated rings. The number of aromatic nitrogens is 1. The van der Waals surface area contributed by atoms with Crippen molar-refractivity contribution >= 4 is 55.2 Å². The first-order valence-electron chi connectivity index (χ1n) is 6.91. The maximum Gasteiger partial charge on any atom is 0.285 e. The molecule has 1 aromatic heterocycles. The van der Waals surface area contributed by atoms with Crippen LogP contribution in [0.3, 0.4) is 0 Å². The minimum atomic E-state index is -3.95. The largest absolute Gasteiger partial charge is 0.297 e. The average Bonchev–Trinajstić information content (AvgIpc) is 2.90. The highest BCUT2D eigenvalue weighted by atomic mass is 79.9. The minimum absolute atomic E-state index is 0.0486. The number of rotatable bonds is 4. The summed E-state index contributed by atoms with van der Waals surface area (Å²) in [6.07, 6.45) is 0.581. The highest BCUT2D eigenvalue weighted by Gasteiger charge is 2.17. The van der Waals surface area contributed by atoms with Gasteiger partial charge in [-0.3, -0.25) is 9.36 Å². The van der Waals surface area contributed by atoms with Gasteiger partial charge in [0.25, 0.3) is 10.0 Å². The van der Waals surface area contributed by atoms with Gasteiger partial charge in [0.2, 0.25) is 4.80 Å². The van der Waals surface area contributed by atoms with Crippen LogP contribution in [-0.4, -0.2) is 19.3 Å². The summed E-state index contributed by atoms with van der Waals surface area (Å²) in [6.45, 7) is 0. The summed E-state index contributed by atoms with van der Waals surface area (Å²) in [5.41, 5.74) is 0.613. The number of hydrogen-bond acceptors (Lipinski definition) is 4. The van der Waals surface area contributed by atoms with Crippen LogP contribution in [0.1, 0.15) is 9.67 Å². The molecule has 0 saturated heterocycles. The van der Waals surface area contributed by atoms with Crippen LogP contribution in [0.5, 0.6) is 0 Å². The first-order chi connectivity index (χ1) is 11.9. The Morgan fingerprint density at radius 3 is 2.32 bits per heavy atom. The molecule has 5 nitrogen and oxygen atoms in total. The topological polar surface area (TPSA) is 68.5 Å². The fourth-order valence-corrected chi connectivity index (χ4v) is 4.75. The summed E-state index contributed by atoms with van der Waals surface area (Å²) in [6, 6.07) is 15.0. The third-order valence-electron chi connectivity index (χ3n) is 3.22. The standard InChI is InChI=1S/C16H10BrClN2O3S2/c17-11-6-8-13(9-7-11)25(22,23)19-16-20(12-4-2-1-3-5-12)15(18)14(10-21)24-16/h1-10H/b19-16+. The molecular formula is C16H10BrClN2O3S2. The zero-order valence-corrected chi connectivity index (χ0v) is 16.4. The quantitative estimate of drug-likeness (QED) is 0.555. The molecule has 128 valence electrons. The van der Waals surface area contributed by atoms with Gasteiger partial charge in [-0.25, -0.2) is 0 Å². The van der Waals surface area contributed by atoms with E-state index in [-0.39, 0.29) is 19.7 Å². The van der Waals surface area contributed by atoms with Gasteiger partial charge in [0, 0.05) is 10.2 Å². The van der Waals surface area contributed by atoms with E-state index < -0.39 is 10.0 Å². The van der Waals surface area contributed by atoms with E-state index in [2.05, 4.69) is 20.3 Å². The van der Waals surface area contributed by atoms with Crippen LogP contribution in [-0.2, 0) is 10.0 Å². The maximum atomic E-state index is 12.6. The fourth-order valence-electron chi connectivity index (χ4n) is 2.08. The van der Waals surface area contributed by atoms with Gasteiger partial charge < -0.3 is 0 Å². The molecule has 0 N–H and O–H groups in total. The first-order valence-corrected chi connectivity index (χ1v) is 10.3. The minimum Gasteiger partial charge on any atom is -0.297 e. The first kappa shape index (κ1) is 18.1. The van der Waals surface area contributed by atoms with Crippen molar-refractivity contribution < 1.29 is 13.2 Å². The SMILES string of the molecule is O=Cc1s/c(=N/S(=O)(=O)c2ccc(Br)cc2)n(-c2ccccc2)c1Cl. The van der Waals surface area contributed by atoms with E-state index in [1.54, 1.807) is 36.4 Å². The summed E-state index contributed by atoms with van der Waals surface area (Å²) >= 11 is 10.4. The van der Waals surface area contributed by atoms with E-state index in [1.165, 1.54) is 16.7 Å². The summed E-state index contributed by atoms with van der Waals surface area (Å²) in [4.78, 5) is 11.6. The van der Waals surface area contributed by atoms with E-state index in [1.807, 2.05) is 6.07 Å². The van der Waals surface area contributed by atoms with E-state index in [4.69, 9.17) is 11.6 Å². The van der Waals surface area contributed by atoms with Crippen molar-refractivity contribution in [3.8, 4) is 5.69 Å². The van der Waals surface area contributed by atoms with Crippen LogP contribution in [0.2, 0.25) is 5.15 Å². The van der Waals surface area contributed by atoms with Crippen molar-refractivity contribution in [3.63, 3.8) is 0 Å². The number of benzene rings is 2. The third kappa shape index (κ3) is 3.77. The van der Waals surface area contributed by atoms with Gasteiger partial charge in [0.05, 0.1) is 4.90 Å². The molecule has 25 heavy (non-hydrogen) atoms. The Labute approximate surface area is 161 Å². The molecule has 0 aliphatic heterocycles. The lowest BCUT2D eigenvalue weighted by molar-refractivity contribution is 0.112. The number of para-hydroxylation sites is 1. The molecule has 0 aliphatic carbocycles. The highest BCUT2D eigenvalue weighted by Crippen LogP contribution is 2.22. The molecule has 2 aromatic carbocycles. The molecule has 3 aromatic rings. The lowest BCUT2D eigenvalue weighted by Gasteiger charge is -2.04. The molecule has 1 heterocycles. The van der Waals surface area contributed by atoms with Crippen LogP contribution < -0.4 is 4.80 Å². The number of hydrogen-bond donors (Lipinski definition) is 0. The Morgan fingerprint density at radius 1 is 1.08 bits per heavy atom. The normalized spacial score (nSPS) is 12.3. The van der Waals surface area contributed by atoms with Crippen LogP contribution in [0.4, 0.5) is 0 Å². The van der Waals surface area contributed by atoms with Gasteiger partial charge in [-0.05, 0) is 36.4 Å². The number of nitrogens with zero attached hydrogens (tertiary/aromatic N) is 2. The van der Waals surface area contributed by atoms with Crippen molar-refractivity contribution in [2.75, 3.05) is 0 Å². The fraction of sp³-hybridized carbons (Fsp3) is 0. The van der Waals surface area contributed by atoms with Crippen LogP contribution in [0.15, 0.2) is 68.4 Å². The Hall–Kier alpha value is -1.74. The number of carbonyl (C=O) groups is 1. The molecule has 0 saturated carbocycles. The lowest BCUT2D eigenvalue weighted by Crippen LogP contribution is -2.15. The maximum absolute atomic E-state index is 12.6. The predicted molar refractivity (Wildman–Crippen MR) is 101 cm³/mol. The second-order valence-corrected chi connectivity index (χ2v) is 8.74. The molecule has 0 amide bonds. The van der Waals surface area contributed by atoms with Gasteiger partial charge in [0.15, 0.2) is 6.29 Å². The number of carbonyl (C=O) groups excluding carboxylic acids is 1. The lowest BCUT2D eigenvalue weighted by atomic mass is 10.3. The number of halogens is 2. The summed E-state index contributed by atoms with van der Waals surface area (Å²) in [7, 11) is -3.95. The highest BCUT2D eigenvalue weighted by molar-refractivity contribution is 9.10. The zero-order chi connectivity index (χ0) is 18.0. The van der Waals surface area contributed by atoms with Crippen molar-refractivity contribution in [1.82, 2.24) is 4.57 Å². The van der Waals surface area contributed by atoms with Gasteiger partial charge >= 0.3 is 0 Å². The number of sulfonamides is 1. The van der Waals surface area contributed by atoms with E-state index in [0.29, 0.717) is 12.0 Å². The smallest absolute Gasteiger partial charge is 0.285 e. The molecular weight excluding hydrogens is 448 g/mol. The van der Waals surface area contributed by atoms with Crippen molar-refractivity contribution in [1.29, 1.82) is 0 Å². The average molecular weight is 458 g/mol. The van der Waals surface area contributed by atoms with Crippen LogP contribution in [0.25, 0.3) is 5.69 Å². The van der Waals surface area contributed by atoms with Gasteiger partial charge in [-0.1, -0.05) is 57.1 Å². The third-order valence-corrected chi connectivity index (χ3v) is 6.60. The van der Waals surface area contributed by atoms with Crippen LogP contribution >= 0.6 is 38.9 Å². The molecule has 3 rings (SSSR count). The molecule has 0 bridgehead atoms. The van der Waals surface area contributed by atoms with Gasteiger partial charge in [-0.2, -0.15) is 8.42 Å². The van der Waals surface area contributed by atoms with Gasteiger partial charge in [-0.15, -0.1) is 4.40 Å².